The largest absolute Gasteiger partial charge is 0.388 e. The first kappa shape index (κ1) is 13.0. The fraction of sp³-hybridized carbons (Fsp3) is 0.538. The summed E-state index contributed by atoms with van der Waals surface area (Å²) in [5, 5.41) is 10.1. The number of benzene rings is 1. The van der Waals surface area contributed by atoms with Gasteiger partial charge in [-0.15, -0.1) is 0 Å². The third-order valence-corrected chi connectivity index (χ3v) is 3.94. The standard InChI is InChI=1S/C13H16BrFO2/c14-12-2-1-10(15)8-11(12)13(16)7-9-3-5-17-6-4-9/h1-2,8-9,13,16H,3-7H2. The normalized spacial score (nSPS) is 19.2. The Balaban J connectivity index is 2.02. The highest BCUT2D eigenvalue weighted by Gasteiger charge is 2.20. The first-order valence-electron chi connectivity index (χ1n) is 5.87. The lowest BCUT2D eigenvalue weighted by atomic mass is 9.91. The molecule has 0 amide bonds. The smallest absolute Gasteiger partial charge is 0.123 e. The number of aliphatic hydroxyl groups is 1. The number of rotatable bonds is 3. The van der Waals surface area contributed by atoms with Crippen LogP contribution < -0.4 is 0 Å². The highest BCUT2D eigenvalue weighted by Crippen LogP contribution is 2.31. The van der Waals surface area contributed by atoms with Gasteiger partial charge in [-0.3, -0.25) is 0 Å². The van der Waals surface area contributed by atoms with Crippen molar-refractivity contribution < 1.29 is 14.2 Å². The zero-order chi connectivity index (χ0) is 12.3. The summed E-state index contributed by atoms with van der Waals surface area (Å²) in [5.74, 6) is 0.156. The Bertz CT molecular complexity index is 378. The molecule has 17 heavy (non-hydrogen) atoms. The summed E-state index contributed by atoms with van der Waals surface area (Å²) >= 11 is 3.34. The Morgan fingerprint density at radius 1 is 1.41 bits per heavy atom. The summed E-state index contributed by atoms with van der Waals surface area (Å²) in [6.07, 6.45) is 2.02. The summed E-state index contributed by atoms with van der Waals surface area (Å²) in [7, 11) is 0. The quantitative estimate of drug-likeness (QED) is 0.927. The van der Waals surface area contributed by atoms with E-state index in [1.807, 2.05) is 0 Å². The molecule has 1 heterocycles. The second-order valence-electron chi connectivity index (χ2n) is 4.47. The van der Waals surface area contributed by atoms with Gasteiger partial charge >= 0.3 is 0 Å². The van der Waals surface area contributed by atoms with Crippen molar-refractivity contribution in [1.82, 2.24) is 0 Å². The van der Waals surface area contributed by atoms with E-state index in [1.165, 1.54) is 12.1 Å². The molecule has 1 aliphatic heterocycles. The van der Waals surface area contributed by atoms with Crippen molar-refractivity contribution in [3.05, 3.63) is 34.1 Å². The van der Waals surface area contributed by atoms with E-state index in [9.17, 15) is 9.50 Å². The molecular formula is C13H16BrFO2. The molecule has 0 aromatic heterocycles. The Hall–Kier alpha value is -0.450. The molecule has 0 bridgehead atoms. The maximum Gasteiger partial charge on any atom is 0.123 e. The van der Waals surface area contributed by atoms with Gasteiger partial charge in [0.1, 0.15) is 5.82 Å². The van der Waals surface area contributed by atoms with E-state index in [2.05, 4.69) is 15.9 Å². The molecule has 1 aromatic rings. The van der Waals surface area contributed by atoms with Crippen LogP contribution in [-0.4, -0.2) is 18.3 Å². The van der Waals surface area contributed by atoms with E-state index in [1.54, 1.807) is 6.07 Å². The Kier molecular flexibility index (Phi) is 4.54. The maximum absolute atomic E-state index is 13.1. The molecule has 2 rings (SSSR count). The monoisotopic (exact) mass is 302 g/mol. The fourth-order valence-corrected chi connectivity index (χ4v) is 2.71. The topological polar surface area (TPSA) is 29.5 Å². The van der Waals surface area contributed by atoms with Gasteiger partial charge in [0.15, 0.2) is 0 Å². The minimum atomic E-state index is -0.608. The highest BCUT2D eigenvalue weighted by atomic mass is 79.9. The van der Waals surface area contributed by atoms with Crippen molar-refractivity contribution in [3.63, 3.8) is 0 Å². The Morgan fingerprint density at radius 2 is 2.12 bits per heavy atom. The lowest BCUT2D eigenvalue weighted by Crippen LogP contribution is -2.18. The van der Waals surface area contributed by atoms with Gasteiger partial charge in [0.25, 0.3) is 0 Å². The van der Waals surface area contributed by atoms with Gasteiger partial charge in [-0.1, -0.05) is 15.9 Å². The van der Waals surface area contributed by atoms with Gasteiger partial charge < -0.3 is 9.84 Å². The number of hydrogen-bond acceptors (Lipinski definition) is 2. The molecule has 1 aliphatic rings. The molecule has 0 saturated carbocycles. The Morgan fingerprint density at radius 3 is 2.82 bits per heavy atom. The first-order chi connectivity index (χ1) is 8.16. The van der Waals surface area contributed by atoms with Gasteiger partial charge in [-0.2, -0.15) is 0 Å². The summed E-state index contributed by atoms with van der Waals surface area (Å²) in [5.41, 5.74) is 0.636. The zero-order valence-corrected chi connectivity index (χ0v) is 11.1. The van der Waals surface area contributed by atoms with Crippen LogP contribution in [0.5, 0.6) is 0 Å². The molecule has 0 spiro atoms. The van der Waals surface area contributed by atoms with Crippen LogP contribution in [0.2, 0.25) is 0 Å². The second kappa shape index (κ2) is 5.94. The van der Waals surface area contributed by atoms with Crippen molar-refractivity contribution in [1.29, 1.82) is 0 Å². The van der Waals surface area contributed by atoms with Crippen molar-refractivity contribution in [2.45, 2.75) is 25.4 Å². The molecule has 0 aliphatic carbocycles. The minimum Gasteiger partial charge on any atom is -0.388 e. The molecule has 1 unspecified atom stereocenters. The highest BCUT2D eigenvalue weighted by molar-refractivity contribution is 9.10. The molecule has 94 valence electrons. The third-order valence-electron chi connectivity index (χ3n) is 3.21. The van der Waals surface area contributed by atoms with Crippen LogP contribution in [0, 0.1) is 11.7 Å². The van der Waals surface area contributed by atoms with Crippen LogP contribution in [-0.2, 0) is 4.74 Å². The SMILES string of the molecule is OC(CC1CCOCC1)c1cc(F)ccc1Br. The van der Waals surface area contributed by atoms with Crippen LogP contribution in [0.25, 0.3) is 0 Å². The molecule has 1 saturated heterocycles. The van der Waals surface area contributed by atoms with E-state index in [0.717, 1.165) is 30.5 Å². The summed E-state index contributed by atoms with van der Waals surface area (Å²) in [4.78, 5) is 0. The lowest BCUT2D eigenvalue weighted by molar-refractivity contribution is 0.0433. The lowest BCUT2D eigenvalue weighted by Gasteiger charge is -2.24. The predicted octanol–water partition coefficient (Wildman–Crippen LogP) is 3.44. The molecule has 1 aromatic carbocycles. The zero-order valence-electron chi connectivity index (χ0n) is 9.53. The van der Waals surface area contributed by atoms with Gasteiger partial charge in [0.05, 0.1) is 6.10 Å². The number of aliphatic hydroxyl groups excluding tert-OH is 1. The van der Waals surface area contributed by atoms with Crippen LogP contribution in [0.15, 0.2) is 22.7 Å². The first-order valence-corrected chi connectivity index (χ1v) is 6.67. The van der Waals surface area contributed by atoms with Crippen LogP contribution in [0.3, 0.4) is 0 Å². The van der Waals surface area contributed by atoms with E-state index in [4.69, 9.17) is 4.74 Å². The molecule has 4 heteroatoms. The maximum atomic E-state index is 13.1. The van der Waals surface area contributed by atoms with E-state index in [0.29, 0.717) is 17.9 Å². The molecule has 1 atom stereocenters. The predicted molar refractivity (Wildman–Crippen MR) is 67.2 cm³/mol. The second-order valence-corrected chi connectivity index (χ2v) is 5.33. The number of halogens is 2. The third kappa shape index (κ3) is 3.50. The number of hydrogen-bond donors (Lipinski definition) is 1. The van der Waals surface area contributed by atoms with Gasteiger partial charge in [-0.25, -0.2) is 4.39 Å². The van der Waals surface area contributed by atoms with E-state index < -0.39 is 6.10 Å². The fourth-order valence-electron chi connectivity index (χ4n) is 2.19. The summed E-state index contributed by atoms with van der Waals surface area (Å²) in [6, 6.07) is 4.42. The molecule has 1 fully saturated rings. The average molecular weight is 303 g/mol. The molecule has 0 radical (unpaired) electrons. The van der Waals surface area contributed by atoms with Gasteiger partial charge in [0.2, 0.25) is 0 Å². The van der Waals surface area contributed by atoms with Crippen molar-refractivity contribution >= 4 is 15.9 Å². The van der Waals surface area contributed by atoms with Crippen molar-refractivity contribution in [2.75, 3.05) is 13.2 Å². The average Bonchev–Trinajstić information content (AvgIpc) is 2.33. The van der Waals surface area contributed by atoms with Gasteiger partial charge in [-0.05, 0) is 48.9 Å². The minimum absolute atomic E-state index is 0.311. The number of ether oxygens (including phenoxy) is 1. The molecule has 2 nitrogen and oxygen atoms in total. The Labute approximate surface area is 109 Å². The molecular weight excluding hydrogens is 287 g/mol. The van der Waals surface area contributed by atoms with Crippen LogP contribution in [0.1, 0.15) is 30.9 Å². The van der Waals surface area contributed by atoms with Crippen LogP contribution in [0.4, 0.5) is 4.39 Å². The summed E-state index contributed by atoms with van der Waals surface area (Å²) in [6.45, 7) is 1.53. The van der Waals surface area contributed by atoms with E-state index >= 15 is 0 Å². The van der Waals surface area contributed by atoms with Crippen LogP contribution >= 0.6 is 15.9 Å². The van der Waals surface area contributed by atoms with Gasteiger partial charge in [0, 0.05) is 17.7 Å². The van der Waals surface area contributed by atoms with E-state index in [-0.39, 0.29) is 5.82 Å². The molecule has 1 N–H and O–H groups in total. The van der Waals surface area contributed by atoms with Crippen molar-refractivity contribution in [3.8, 4) is 0 Å². The summed E-state index contributed by atoms with van der Waals surface area (Å²) < 4.78 is 19.2. The van der Waals surface area contributed by atoms with Crippen molar-refractivity contribution in [2.24, 2.45) is 5.92 Å².